The lowest BCUT2D eigenvalue weighted by atomic mass is 9.75. The van der Waals surface area contributed by atoms with Crippen molar-refractivity contribution in [3.8, 4) is 0 Å². The van der Waals surface area contributed by atoms with E-state index in [1.54, 1.807) is 0 Å². The van der Waals surface area contributed by atoms with Crippen LogP contribution in [0.1, 0.15) is 56.3 Å². The molecule has 2 aromatic rings. The molecule has 0 atom stereocenters. The van der Waals surface area contributed by atoms with Gasteiger partial charge in [-0.15, -0.1) is 0 Å². The SMILES string of the molecule is CCc1nc(C(CC)(CC)c2ccccc2)nc(Cl)c1C. The van der Waals surface area contributed by atoms with E-state index >= 15 is 0 Å². The molecule has 0 fully saturated rings. The molecule has 0 bridgehead atoms. The molecule has 0 spiro atoms. The van der Waals surface area contributed by atoms with E-state index in [-0.39, 0.29) is 5.41 Å². The Bertz CT molecular complexity index is 604. The molecule has 0 aliphatic heterocycles. The summed E-state index contributed by atoms with van der Waals surface area (Å²) in [5.41, 5.74) is 3.14. The van der Waals surface area contributed by atoms with Crippen LogP contribution in [-0.2, 0) is 11.8 Å². The van der Waals surface area contributed by atoms with Gasteiger partial charge in [0.05, 0.1) is 5.41 Å². The Balaban J connectivity index is 2.66. The zero-order valence-corrected chi connectivity index (χ0v) is 14.0. The van der Waals surface area contributed by atoms with Gasteiger partial charge in [0, 0.05) is 11.3 Å². The van der Waals surface area contributed by atoms with Crippen LogP contribution in [-0.4, -0.2) is 9.97 Å². The van der Waals surface area contributed by atoms with Gasteiger partial charge in [0.15, 0.2) is 0 Å². The third-order valence-corrected chi connectivity index (χ3v) is 4.85. The summed E-state index contributed by atoms with van der Waals surface area (Å²) in [5, 5.41) is 0.582. The molecular weight excluding hydrogens is 280 g/mol. The Kier molecular flexibility index (Phi) is 5.00. The van der Waals surface area contributed by atoms with Gasteiger partial charge in [-0.2, -0.15) is 0 Å². The lowest BCUT2D eigenvalue weighted by molar-refractivity contribution is 0.447. The third-order valence-electron chi connectivity index (χ3n) is 4.48. The summed E-state index contributed by atoms with van der Waals surface area (Å²) in [6.07, 6.45) is 2.78. The number of halogens is 1. The molecule has 0 aliphatic carbocycles. The highest BCUT2D eigenvalue weighted by Crippen LogP contribution is 2.37. The van der Waals surface area contributed by atoms with Crippen LogP contribution in [0.4, 0.5) is 0 Å². The van der Waals surface area contributed by atoms with Gasteiger partial charge in [-0.1, -0.05) is 62.7 Å². The van der Waals surface area contributed by atoms with Gasteiger partial charge in [0.1, 0.15) is 11.0 Å². The Hall–Kier alpha value is -1.41. The molecule has 21 heavy (non-hydrogen) atoms. The van der Waals surface area contributed by atoms with E-state index in [0.717, 1.165) is 36.3 Å². The van der Waals surface area contributed by atoms with Crippen molar-refractivity contribution in [2.45, 2.75) is 52.4 Å². The molecular formula is C18H23ClN2. The van der Waals surface area contributed by atoms with Crippen molar-refractivity contribution < 1.29 is 0 Å². The molecule has 112 valence electrons. The van der Waals surface area contributed by atoms with Crippen molar-refractivity contribution in [2.24, 2.45) is 0 Å². The average molecular weight is 303 g/mol. The topological polar surface area (TPSA) is 25.8 Å². The Morgan fingerprint density at radius 2 is 1.62 bits per heavy atom. The summed E-state index contributed by atoms with van der Waals surface area (Å²) in [5.74, 6) is 0.853. The van der Waals surface area contributed by atoms with Crippen molar-refractivity contribution in [1.82, 2.24) is 9.97 Å². The van der Waals surface area contributed by atoms with Crippen molar-refractivity contribution >= 4 is 11.6 Å². The molecule has 0 unspecified atom stereocenters. The lowest BCUT2D eigenvalue weighted by Gasteiger charge is -2.31. The first-order chi connectivity index (χ1) is 10.1. The summed E-state index contributed by atoms with van der Waals surface area (Å²) in [6, 6.07) is 10.5. The second kappa shape index (κ2) is 6.57. The van der Waals surface area contributed by atoms with Gasteiger partial charge in [-0.3, -0.25) is 0 Å². The van der Waals surface area contributed by atoms with Crippen LogP contribution in [0.2, 0.25) is 5.15 Å². The summed E-state index contributed by atoms with van der Waals surface area (Å²) >= 11 is 6.35. The second-order valence-corrected chi connectivity index (χ2v) is 5.78. The highest BCUT2D eigenvalue weighted by molar-refractivity contribution is 6.30. The predicted molar refractivity (Wildman–Crippen MR) is 89.0 cm³/mol. The van der Waals surface area contributed by atoms with Crippen LogP contribution in [0.3, 0.4) is 0 Å². The van der Waals surface area contributed by atoms with Gasteiger partial charge in [-0.25, -0.2) is 9.97 Å². The number of rotatable bonds is 5. The molecule has 0 saturated heterocycles. The molecule has 1 aromatic carbocycles. The number of aromatic nitrogens is 2. The number of benzene rings is 1. The summed E-state index contributed by atoms with van der Waals surface area (Å²) in [7, 11) is 0. The van der Waals surface area contributed by atoms with Crippen molar-refractivity contribution in [2.75, 3.05) is 0 Å². The number of hydrogen-bond donors (Lipinski definition) is 0. The molecule has 0 radical (unpaired) electrons. The minimum absolute atomic E-state index is 0.164. The first-order valence-corrected chi connectivity index (χ1v) is 8.05. The van der Waals surface area contributed by atoms with Crippen LogP contribution in [0.5, 0.6) is 0 Å². The number of hydrogen-bond acceptors (Lipinski definition) is 2. The largest absolute Gasteiger partial charge is 0.237 e. The quantitative estimate of drug-likeness (QED) is 0.717. The highest BCUT2D eigenvalue weighted by atomic mass is 35.5. The molecule has 0 aliphatic rings. The molecule has 1 heterocycles. The van der Waals surface area contributed by atoms with Crippen LogP contribution >= 0.6 is 11.6 Å². The number of nitrogens with zero attached hydrogens (tertiary/aromatic N) is 2. The van der Waals surface area contributed by atoms with Crippen molar-refractivity contribution in [3.63, 3.8) is 0 Å². The molecule has 2 rings (SSSR count). The van der Waals surface area contributed by atoms with Crippen molar-refractivity contribution in [3.05, 3.63) is 58.1 Å². The van der Waals surface area contributed by atoms with Crippen molar-refractivity contribution in [1.29, 1.82) is 0 Å². The van der Waals surface area contributed by atoms with E-state index in [0.29, 0.717) is 5.15 Å². The van der Waals surface area contributed by atoms with Gasteiger partial charge >= 0.3 is 0 Å². The predicted octanol–water partition coefficient (Wildman–Crippen LogP) is 5.11. The Labute approximate surface area is 132 Å². The maximum atomic E-state index is 6.35. The van der Waals surface area contributed by atoms with Crippen LogP contribution in [0.15, 0.2) is 30.3 Å². The first kappa shape index (κ1) is 16.0. The Morgan fingerprint density at radius 1 is 1.00 bits per heavy atom. The van der Waals surface area contributed by atoms with E-state index in [4.69, 9.17) is 16.6 Å². The highest BCUT2D eigenvalue weighted by Gasteiger charge is 2.34. The van der Waals surface area contributed by atoms with Crippen LogP contribution in [0, 0.1) is 6.92 Å². The first-order valence-electron chi connectivity index (χ1n) is 7.68. The fraction of sp³-hybridized carbons (Fsp3) is 0.444. The zero-order chi connectivity index (χ0) is 15.5. The summed E-state index contributed by atoms with van der Waals surface area (Å²) in [6.45, 7) is 8.49. The van der Waals surface area contributed by atoms with Crippen LogP contribution in [0.25, 0.3) is 0 Å². The number of aryl methyl sites for hydroxylation is 1. The summed E-state index contributed by atoms with van der Waals surface area (Å²) in [4.78, 5) is 9.47. The lowest BCUT2D eigenvalue weighted by Crippen LogP contribution is -2.29. The molecule has 0 N–H and O–H groups in total. The third kappa shape index (κ3) is 2.82. The molecule has 0 saturated carbocycles. The van der Waals surface area contributed by atoms with E-state index in [9.17, 15) is 0 Å². The zero-order valence-electron chi connectivity index (χ0n) is 13.3. The van der Waals surface area contributed by atoms with E-state index < -0.39 is 0 Å². The molecule has 1 aromatic heterocycles. The smallest absolute Gasteiger partial charge is 0.140 e. The molecule has 3 heteroatoms. The average Bonchev–Trinajstić information content (AvgIpc) is 2.53. The molecule has 0 amide bonds. The van der Waals surface area contributed by atoms with E-state index in [1.165, 1.54) is 5.56 Å². The minimum Gasteiger partial charge on any atom is -0.237 e. The van der Waals surface area contributed by atoms with Gasteiger partial charge in [0.2, 0.25) is 0 Å². The fourth-order valence-corrected chi connectivity index (χ4v) is 3.14. The molecule has 2 nitrogen and oxygen atoms in total. The Morgan fingerprint density at radius 3 is 2.14 bits per heavy atom. The monoisotopic (exact) mass is 302 g/mol. The minimum atomic E-state index is -0.164. The maximum absolute atomic E-state index is 6.35. The second-order valence-electron chi connectivity index (χ2n) is 5.42. The normalized spacial score (nSPS) is 11.7. The van der Waals surface area contributed by atoms with E-state index in [2.05, 4.69) is 50.0 Å². The standard InChI is InChI=1S/C18H23ClN2/c1-5-15-13(4)16(19)21-17(20-15)18(6-2,7-3)14-11-9-8-10-12-14/h8-12H,5-7H2,1-4H3. The van der Waals surface area contributed by atoms with Gasteiger partial charge in [-0.05, 0) is 31.7 Å². The summed E-state index contributed by atoms with van der Waals surface area (Å²) < 4.78 is 0. The van der Waals surface area contributed by atoms with Gasteiger partial charge in [0.25, 0.3) is 0 Å². The van der Waals surface area contributed by atoms with Gasteiger partial charge < -0.3 is 0 Å². The fourth-order valence-electron chi connectivity index (χ4n) is 2.95. The van der Waals surface area contributed by atoms with Crippen LogP contribution < -0.4 is 0 Å². The van der Waals surface area contributed by atoms with E-state index in [1.807, 2.05) is 13.0 Å². The maximum Gasteiger partial charge on any atom is 0.140 e.